The molecule has 1 aromatic carbocycles. The number of ether oxygens (including phenoxy) is 3. The normalized spacial score (nSPS) is 31.6. The minimum atomic E-state index is -3.19. The molecule has 6 rings (SSSR count). The summed E-state index contributed by atoms with van der Waals surface area (Å²) in [5.41, 5.74) is 0.669. The molecule has 0 unspecified atom stereocenters. The fourth-order valence-electron chi connectivity index (χ4n) is 3.98. The summed E-state index contributed by atoms with van der Waals surface area (Å²) in [7, 11) is -1.44. The molecule has 11 heteroatoms. The number of hydrogen-bond acceptors (Lipinski definition) is 6. The molecule has 1 aromatic rings. The van der Waals surface area contributed by atoms with Gasteiger partial charge in [0.2, 0.25) is 0 Å². The van der Waals surface area contributed by atoms with Crippen molar-refractivity contribution in [3.8, 4) is 0 Å². The summed E-state index contributed by atoms with van der Waals surface area (Å²) in [6.07, 6.45) is 1.46. The molecule has 5 aliphatic heterocycles. The van der Waals surface area contributed by atoms with Crippen LogP contribution in [0.3, 0.4) is 0 Å². The average Bonchev–Trinajstić information content (AvgIpc) is 3.57. The second kappa shape index (κ2) is 7.17. The van der Waals surface area contributed by atoms with Crippen molar-refractivity contribution >= 4 is 16.1 Å². The van der Waals surface area contributed by atoms with Gasteiger partial charge in [0.1, 0.15) is 0 Å². The molecule has 5 aliphatic rings. The summed E-state index contributed by atoms with van der Waals surface area (Å²) in [6, 6.07) is 9.64. The van der Waals surface area contributed by atoms with E-state index in [0.29, 0.717) is 35.9 Å². The first-order valence-electron chi connectivity index (χ1n) is 9.64. The van der Waals surface area contributed by atoms with Crippen molar-refractivity contribution in [1.82, 2.24) is 9.62 Å². The predicted molar refractivity (Wildman–Crippen MR) is 102 cm³/mol. The molecule has 0 bridgehead atoms. The molecule has 172 valence electrons. The number of nitrogens with zero attached hydrogens (tertiary/aromatic N) is 1. The van der Waals surface area contributed by atoms with Crippen LogP contribution in [0.5, 0.6) is 0 Å². The fraction of sp³-hybridized carbons (Fsp3) is 0.632. The first-order chi connectivity index (χ1) is 14.3. The predicted octanol–water partition coefficient (Wildman–Crippen LogP) is 1.40. The van der Waals surface area contributed by atoms with Crippen molar-refractivity contribution in [2.45, 2.75) is 25.2 Å². The molecule has 0 atom stereocenters. The van der Waals surface area contributed by atoms with Crippen LogP contribution in [-0.2, 0) is 54.7 Å². The Bertz CT molecular complexity index is 943. The van der Waals surface area contributed by atoms with Gasteiger partial charge in [-0.2, -0.15) is 0 Å². The van der Waals surface area contributed by atoms with Gasteiger partial charge in [-0.05, 0) is 0 Å². The van der Waals surface area contributed by atoms with Gasteiger partial charge in [-0.25, -0.2) is 0 Å². The Morgan fingerprint density at radius 2 is 1.93 bits per heavy atom. The molecule has 1 N–H and O–H groups in total. The first-order valence-corrected chi connectivity index (χ1v) is 15.4. The van der Waals surface area contributed by atoms with Crippen molar-refractivity contribution < 1.29 is 51.2 Å². The van der Waals surface area contributed by atoms with Gasteiger partial charge in [-0.3, -0.25) is 0 Å². The number of likely N-dealkylation sites (tertiary alicyclic amines) is 1. The number of benzene rings is 1. The van der Waals surface area contributed by atoms with Gasteiger partial charge >= 0.3 is 184 Å². The van der Waals surface area contributed by atoms with Crippen LogP contribution in [0.1, 0.15) is 12.0 Å². The van der Waals surface area contributed by atoms with E-state index in [-0.39, 0.29) is 45.4 Å². The molecule has 0 spiro atoms. The van der Waals surface area contributed by atoms with Crippen LogP contribution in [0, 0.1) is 0 Å². The van der Waals surface area contributed by atoms with E-state index >= 15 is 0 Å². The van der Waals surface area contributed by atoms with Gasteiger partial charge in [-0.1, -0.05) is 0 Å². The van der Waals surface area contributed by atoms with E-state index in [9.17, 15) is 13.2 Å². The van der Waals surface area contributed by atoms with Crippen molar-refractivity contribution in [3.63, 3.8) is 0 Å². The number of carbonyl (C=O) groups is 1. The van der Waals surface area contributed by atoms with Crippen LogP contribution in [0.4, 0.5) is 4.79 Å². The summed E-state index contributed by atoms with van der Waals surface area (Å²) >= 11 is 0.167. The van der Waals surface area contributed by atoms with Crippen molar-refractivity contribution in [2.75, 3.05) is 46.2 Å². The summed E-state index contributed by atoms with van der Waals surface area (Å²) in [4.78, 5) is 14.2. The van der Waals surface area contributed by atoms with Crippen molar-refractivity contribution in [2.24, 2.45) is 0 Å². The summed E-state index contributed by atoms with van der Waals surface area (Å²) in [5.74, 6) is 0. The molecule has 0 aromatic heterocycles. The zero-order valence-electron chi connectivity index (χ0n) is 16.8. The Morgan fingerprint density at radius 3 is 2.57 bits per heavy atom. The molecule has 5 saturated heterocycles. The van der Waals surface area contributed by atoms with Crippen LogP contribution in [-0.4, -0.2) is 71.2 Å². The number of nitrogens with one attached hydrogen (secondary N) is 1. The number of hydrogen-bond donors (Lipinski definition) is 1. The third kappa shape index (κ3) is 3.09. The van der Waals surface area contributed by atoms with E-state index in [1.807, 2.05) is 30.3 Å². The fourth-order valence-corrected chi connectivity index (χ4v) is 19.4. The van der Waals surface area contributed by atoms with E-state index in [0.717, 1.165) is 18.4 Å². The first kappa shape index (κ1) is 21.2. The second-order valence-electron chi connectivity index (χ2n) is 7.73. The number of methoxy groups -OCH3 is 1. The van der Waals surface area contributed by atoms with Gasteiger partial charge < -0.3 is 0 Å². The number of carbonyl (C=O) groups excluding carboxylic acids is 1. The third-order valence-electron chi connectivity index (χ3n) is 5.50. The van der Waals surface area contributed by atoms with E-state index in [1.165, 1.54) is 0 Å². The van der Waals surface area contributed by atoms with Gasteiger partial charge in [0.05, 0.1) is 0 Å². The number of amides is 1. The van der Waals surface area contributed by atoms with Gasteiger partial charge in [0.25, 0.3) is 0 Å². The third-order valence-corrected chi connectivity index (χ3v) is 18.5. The number of rotatable bonds is 11. The van der Waals surface area contributed by atoms with Crippen molar-refractivity contribution in [1.29, 1.82) is 0 Å². The average molecular weight is 528 g/mol. The maximum absolute atomic E-state index is 12.5. The van der Waals surface area contributed by atoms with Gasteiger partial charge in [0.15, 0.2) is 0 Å². The summed E-state index contributed by atoms with van der Waals surface area (Å²) in [6.45, 7) is 3.02. The molecule has 8 nitrogen and oxygen atoms in total. The molecule has 0 aliphatic carbocycles. The molecule has 5 heterocycles. The number of sulfonamides is 1. The Morgan fingerprint density at radius 1 is 1.23 bits per heavy atom. The molecule has 30 heavy (non-hydrogen) atoms. The Balaban J connectivity index is 1.16. The summed E-state index contributed by atoms with van der Waals surface area (Å²) in [5, 5.41) is 0. The molecule has 1 amide bonds. The minimum absolute atomic E-state index is 0.0835. The van der Waals surface area contributed by atoms with E-state index in [1.54, 1.807) is 12.0 Å². The Labute approximate surface area is 183 Å². The molecule has 0 saturated carbocycles. The Kier molecular flexibility index (Phi) is 5.07. The van der Waals surface area contributed by atoms with Gasteiger partial charge in [-0.15, -0.1) is 0 Å². The maximum atomic E-state index is 12.5. The molecule has 5 fully saturated rings. The Hall–Kier alpha value is -0.667. The van der Waals surface area contributed by atoms with Gasteiger partial charge in [0, 0.05) is 0 Å². The molecular formula is C19H26Co2N2O6S. The SMILES string of the molecule is COC[C]12[Co]3[Co]1[C]32C1(OCCCNS(C)(=O)=O)CN(C(=O)OCc2ccccc2)C1. The van der Waals surface area contributed by atoms with Crippen molar-refractivity contribution in [3.05, 3.63) is 35.9 Å². The molecule has 0 radical (unpaired) electrons. The topological polar surface area (TPSA) is 94.2 Å². The van der Waals surface area contributed by atoms with Crippen LogP contribution in [0.25, 0.3) is 0 Å². The summed E-state index contributed by atoms with van der Waals surface area (Å²) < 4.78 is 42.9. The van der Waals surface area contributed by atoms with Crippen LogP contribution in [0.2, 0.25) is 6.57 Å². The second-order valence-corrected chi connectivity index (χ2v) is 17.7. The standard InChI is InChI=1S/C19H26N2O6S.2Co/c1-25-12-6-10-19(27-13-7-11-20-28(2,23)24)15-21(16-19)18(22)26-14-17-8-4-3-5-9-17;;/h3-5,8-9,20H,7,11-16H2,1-2H3;;. The van der Waals surface area contributed by atoms with E-state index < -0.39 is 10.0 Å². The van der Waals surface area contributed by atoms with E-state index in [4.69, 9.17) is 14.2 Å². The quantitative estimate of drug-likeness (QED) is 0.437. The zero-order chi connectivity index (χ0) is 21.2. The van der Waals surface area contributed by atoms with Crippen LogP contribution >= 0.6 is 0 Å². The zero-order valence-corrected chi connectivity index (χ0v) is 19.7. The van der Waals surface area contributed by atoms with Crippen LogP contribution in [0.15, 0.2) is 30.3 Å². The van der Waals surface area contributed by atoms with Crippen LogP contribution < -0.4 is 4.72 Å². The molecular weight excluding hydrogens is 502 g/mol. The van der Waals surface area contributed by atoms with E-state index in [2.05, 4.69) is 4.72 Å². The monoisotopic (exact) mass is 528 g/mol.